The van der Waals surface area contributed by atoms with Gasteiger partial charge in [-0.25, -0.2) is 4.98 Å². The van der Waals surface area contributed by atoms with Gasteiger partial charge in [-0.1, -0.05) is 36.4 Å². The third-order valence-electron chi connectivity index (χ3n) is 6.73. The lowest BCUT2D eigenvalue weighted by Crippen LogP contribution is -2.35. The Hall–Kier alpha value is -3.58. The molecule has 5 rings (SSSR count). The molecule has 1 aliphatic heterocycles. The Labute approximate surface area is 205 Å². The number of hydrogen-bond acceptors (Lipinski definition) is 5. The topological polar surface area (TPSA) is 74.6 Å². The SMILES string of the molecule is COc1ccccc1CN(CCc1c[nH]c2ccccc12)Cc1nc(C(=O)N2CCCCC2)co1. The van der Waals surface area contributed by atoms with E-state index >= 15 is 0 Å². The molecular formula is C28H32N4O3. The van der Waals surface area contributed by atoms with Crippen molar-refractivity contribution < 1.29 is 13.9 Å². The molecule has 4 aromatic rings. The molecule has 0 unspecified atom stereocenters. The number of methoxy groups -OCH3 is 1. The molecule has 0 aliphatic carbocycles. The summed E-state index contributed by atoms with van der Waals surface area (Å²) in [5, 5.41) is 1.25. The lowest BCUT2D eigenvalue weighted by atomic mass is 10.1. The molecule has 0 radical (unpaired) electrons. The number of aromatic amines is 1. The first-order valence-corrected chi connectivity index (χ1v) is 12.3. The first-order chi connectivity index (χ1) is 17.2. The van der Waals surface area contributed by atoms with Gasteiger partial charge in [-0.05, 0) is 43.4 Å². The van der Waals surface area contributed by atoms with Crippen LogP contribution in [0.25, 0.3) is 10.9 Å². The van der Waals surface area contributed by atoms with Crippen LogP contribution in [0.1, 0.15) is 46.8 Å². The fourth-order valence-electron chi connectivity index (χ4n) is 4.84. The number of piperidine rings is 1. The number of para-hydroxylation sites is 2. The number of nitrogens with zero attached hydrogens (tertiary/aromatic N) is 3. The highest BCUT2D eigenvalue weighted by molar-refractivity contribution is 5.92. The largest absolute Gasteiger partial charge is 0.496 e. The van der Waals surface area contributed by atoms with Crippen molar-refractivity contribution in [2.24, 2.45) is 0 Å². The molecular weight excluding hydrogens is 440 g/mol. The van der Waals surface area contributed by atoms with Crippen LogP contribution in [0.2, 0.25) is 0 Å². The monoisotopic (exact) mass is 472 g/mol. The molecule has 2 aromatic heterocycles. The highest BCUT2D eigenvalue weighted by Gasteiger charge is 2.22. The van der Waals surface area contributed by atoms with Gasteiger partial charge in [0.1, 0.15) is 12.0 Å². The molecule has 1 aliphatic rings. The smallest absolute Gasteiger partial charge is 0.275 e. The Kier molecular flexibility index (Phi) is 7.14. The van der Waals surface area contributed by atoms with Gasteiger partial charge < -0.3 is 19.0 Å². The van der Waals surface area contributed by atoms with E-state index in [0.29, 0.717) is 24.7 Å². The minimum absolute atomic E-state index is 0.0326. The second kappa shape index (κ2) is 10.8. The Morgan fingerprint density at radius 3 is 2.71 bits per heavy atom. The van der Waals surface area contributed by atoms with Crippen molar-refractivity contribution in [1.82, 2.24) is 19.8 Å². The van der Waals surface area contributed by atoms with Crippen LogP contribution in [-0.2, 0) is 19.5 Å². The van der Waals surface area contributed by atoms with E-state index in [9.17, 15) is 4.79 Å². The Morgan fingerprint density at radius 2 is 1.86 bits per heavy atom. The molecule has 1 N–H and O–H groups in total. The second-order valence-electron chi connectivity index (χ2n) is 9.11. The standard InChI is InChI=1S/C28H32N4O3/c1-34-26-12-6-3-9-22(26)18-31(16-13-21-17-29-24-11-5-4-10-23(21)24)19-27-30-25(20-35-27)28(33)32-14-7-2-8-15-32/h3-6,9-12,17,20,29H,2,7-8,13-16,18-19H2,1H3. The van der Waals surface area contributed by atoms with Crippen molar-refractivity contribution in [2.75, 3.05) is 26.7 Å². The number of amides is 1. The van der Waals surface area contributed by atoms with E-state index in [1.54, 1.807) is 7.11 Å². The van der Waals surface area contributed by atoms with Crippen LogP contribution in [0.15, 0.2) is 65.4 Å². The number of likely N-dealkylation sites (tertiary alicyclic amines) is 1. The predicted octanol–water partition coefficient (Wildman–Crippen LogP) is 5.04. The fraction of sp³-hybridized carbons (Fsp3) is 0.357. The number of oxazole rings is 1. The van der Waals surface area contributed by atoms with Crippen molar-refractivity contribution in [2.45, 2.75) is 38.8 Å². The van der Waals surface area contributed by atoms with Crippen LogP contribution < -0.4 is 4.74 Å². The van der Waals surface area contributed by atoms with E-state index in [1.165, 1.54) is 23.6 Å². The number of carbonyl (C=O) groups excluding carboxylic acids is 1. The second-order valence-corrected chi connectivity index (χ2v) is 9.11. The zero-order valence-electron chi connectivity index (χ0n) is 20.2. The molecule has 0 atom stereocenters. The number of ether oxygens (including phenoxy) is 1. The van der Waals surface area contributed by atoms with Gasteiger partial charge in [0.25, 0.3) is 5.91 Å². The first-order valence-electron chi connectivity index (χ1n) is 12.3. The summed E-state index contributed by atoms with van der Waals surface area (Å²) in [7, 11) is 1.70. The van der Waals surface area contributed by atoms with Gasteiger partial charge in [-0.15, -0.1) is 0 Å². The Morgan fingerprint density at radius 1 is 1.06 bits per heavy atom. The summed E-state index contributed by atoms with van der Waals surface area (Å²) in [6.45, 7) is 3.59. The maximum absolute atomic E-state index is 12.8. The first kappa shape index (κ1) is 23.2. The third kappa shape index (κ3) is 5.41. The van der Waals surface area contributed by atoms with Gasteiger partial charge in [0, 0.05) is 48.8 Å². The van der Waals surface area contributed by atoms with Crippen LogP contribution in [0.5, 0.6) is 5.75 Å². The van der Waals surface area contributed by atoms with E-state index in [0.717, 1.165) is 55.7 Å². The fourth-order valence-corrected chi connectivity index (χ4v) is 4.84. The molecule has 7 nitrogen and oxygen atoms in total. The van der Waals surface area contributed by atoms with Crippen LogP contribution >= 0.6 is 0 Å². The number of hydrogen-bond donors (Lipinski definition) is 1. The Balaban J connectivity index is 1.33. The number of benzene rings is 2. The predicted molar refractivity (Wildman–Crippen MR) is 135 cm³/mol. The molecule has 1 fully saturated rings. The molecule has 182 valence electrons. The summed E-state index contributed by atoms with van der Waals surface area (Å²) in [5.74, 6) is 1.38. The molecule has 0 spiro atoms. The highest BCUT2D eigenvalue weighted by atomic mass is 16.5. The molecule has 1 amide bonds. The molecule has 0 saturated carbocycles. The normalized spacial score (nSPS) is 14.1. The summed E-state index contributed by atoms with van der Waals surface area (Å²) in [6.07, 6.45) is 7.76. The van der Waals surface area contributed by atoms with Crippen molar-refractivity contribution in [1.29, 1.82) is 0 Å². The molecule has 7 heteroatoms. The number of nitrogens with one attached hydrogen (secondary N) is 1. The van der Waals surface area contributed by atoms with E-state index in [4.69, 9.17) is 9.15 Å². The quantitative estimate of drug-likeness (QED) is 0.370. The van der Waals surface area contributed by atoms with Crippen LogP contribution in [-0.4, -0.2) is 52.4 Å². The van der Waals surface area contributed by atoms with E-state index in [-0.39, 0.29) is 5.91 Å². The molecule has 2 aromatic carbocycles. The number of rotatable bonds is 9. The van der Waals surface area contributed by atoms with E-state index in [2.05, 4.69) is 45.3 Å². The van der Waals surface area contributed by atoms with Crippen molar-refractivity contribution in [3.63, 3.8) is 0 Å². The van der Waals surface area contributed by atoms with Gasteiger partial charge in [0.2, 0.25) is 5.89 Å². The third-order valence-corrected chi connectivity index (χ3v) is 6.73. The molecule has 1 saturated heterocycles. The summed E-state index contributed by atoms with van der Waals surface area (Å²) in [6, 6.07) is 16.4. The van der Waals surface area contributed by atoms with Gasteiger partial charge in [-0.2, -0.15) is 0 Å². The number of carbonyl (C=O) groups is 1. The zero-order chi connectivity index (χ0) is 24.0. The van der Waals surface area contributed by atoms with Gasteiger partial charge in [-0.3, -0.25) is 9.69 Å². The average Bonchev–Trinajstić information content (AvgIpc) is 3.55. The van der Waals surface area contributed by atoms with Crippen molar-refractivity contribution in [3.05, 3.63) is 83.7 Å². The van der Waals surface area contributed by atoms with Gasteiger partial charge >= 0.3 is 0 Å². The van der Waals surface area contributed by atoms with Gasteiger partial charge in [0.15, 0.2) is 5.69 Å². The minimum Gasteiger partial charge on any atom is -0.496 e. The van der Waals surface area contributed by atoms with Crippen LogP contribution in [0.4, 0.5) is 0 Å². The lowest BCUT2D eigenvalue weighted by Gasteiger charge is -2.25. The summed E-state index contributed by atoms with van der Waals surface area (Å²) < 4.78 is 11.4. The molecule has 3 heterocycles. The van der Waals surface area contributed by atoms with Crippen molar-refractivity contribution >= 4 is 16.8 Å². The van der Waals surface area contributed by atoms with Gasteiger partial charge in [0.05, 0.1) is 13.7 Å². The minimum atomic E-state index is -0.0326. The van der Waals surface area contributed by atoms with Crippen molar-refractivity contribution in [3.8, 4) is 5.75 Å². The average molecular weight is 473 g/mol. The maximum Gasteiger partial charge on any atom is 0.275 e. The number of aromatic nitrogens is 2. The summed E-state index contributed by atoms with van der Waals surface area (Å²) >= 11 is 0. The van der Waals surface area contributed by atoms with Crippen LogP contribution in [0, 0.1) is 0 Å². The summed E-state index contributed by atoms with van der Waals surface area (Å²) in [4.78, 5) is 25.0. The highest BCUT2D eigenvalue weighted by Crippen LogP contribution is 2.23. The van der Waals surface area contributed by atoms with E-state index < -0.39 is 0 Å². The number of H-pyrrole nitrogens is 1. The zero-order valence-corrected chi connectivity index (χ0v) is 20.2. The summed E-state index contributed by atoms with van der Waals surface area (Å²) in [5.41, 5.74) is 3.92. The molecule has 0 bridgehead atoms. The van der Waals surface area contributed by atoms with E-state index in [1.807, 2.05) is 29.2 Å². The van der Waals surface area contributed by atoms with Crippen LogP contribution in [0.3, 0.4) is 0 Å². The number of fused-ring (bicyclic) bond motifs is 1. The Bertz CT molecular complexity index is 1270. The molecule has 35 heavy (non-hydrogen) atoms. The lowest BCUT2D eigenvalue weighted by molar-refractivity contribution is 0.0718. The maximum atomic E-state index is 12.8.